The standard InChI is InChI=1S/C17H20N2O5/c1-4-23-16(20)13-6-8-14(9-7-13)18-17(21)19(22)12(3)15-10-5-11(2)24-15/h5-10,12,22H,4H2,1-3H3,(H,18,21). The number of furan rings is 1. The molecule has 2 aromatic rings. The first-order valence-corrected chi connectivity index (χ1v) is 7.55. The number of carbonyl (C=O) groups is 2. The van der Waals surface area contributed by atoms with Crippen LogP contribution in [0.3, 0.4) is 0 Å². The number of esters is 1. The highest BCUT2D eigenvalue weighted by Gasteiger charge is 2.22. The number of hydroxylamine groups is 2. The molecular weight excluding hydrogens is 312 g/mol. The highest BCUT2D eigenvalue weighted by atomic mass is 16.5. The number of carbonyl (C=O) groups excluding carboxylic acids is 2. The van der Waals surface area contributed by atoms with Gasteiger partial charge in [0.2, 0.25) is 0 Å². The van der Waals surface area contributed by atoms with Crippen LogP contribution in [0.25, 0.3) is 0 Å². The van der Waals surface area contributed by atoms with E-state index < -0.39 is 18.0 Å². The van der Waals surface area contributed by atoms with Crippen LogP contribution < -0.4 is 5.32 Å². The number of rotatable bonds is 5. The van der Waals surface area contributed by atoms with Crippen molar-refractivity contribution in [2.24, 2.45) is 0 Å². The van der Waals surface area contributed by atoms with E-state index in [0.717, 1.165) is 0 Å². The maximum absolute atomic E-state index is 12.1. The number of hydrogen-bond donors (Lipinski definition) is 2. The van der Waals surface area contributed by atoms with E-state index in [1.54, 1.807) is 45.0 Å². The van der Waals surface area contributed by atoms with E-state index >= 15 is 0 Å². The maximum atomic E-state index is 12.1. The van der Waals surface area contributed by atoms with Crippen LogP contribution >= 0.6 is 0 Å². The third-order valence-electron chi connectivity index (χ3n) is 3.40. The van der Waals surface area contributed by atoms with Gasteiger partial charge in [-0.25, -0.2) is 9.59 Å². The summed E-state index contributed by atoms with van der Waals surface area (Å²) in [6, 6.07) is 8.29. The number of urea groups is 1. The van der Waals surface area contributed by atoms with Gasteiger partial charge in [0.1, 0.15) is 17.6 Å². The lowest BCUT2D eigenvalue weighted by atomic mass is 10.2. The molecule has 1 aromatic carbocycles. The monoisotopic (exact) mass is 332 g/mol. The van der Waals surface area contributed by atoms with Gasteiger partial charge in [0.15, 0.2) is 0 Å². The molecule has 0 saturated carbocycles. The van der Waals surface area contributed by atoms with Crippen LogP contribution in [0.5, 0.6) is 0 Å². The minimum atomic E-state index is -0.708. The molecule has 2 N–H and O–H groups in total. The predicted octanol–water partition coefficient (Wildman–Crippen LogP) is 3.75. The van der Waals surface area contributed by atoms with Crippen molar-refractivity contribution in [3.63, 3.8) is 0 Å². The van der Waals surface area contributed by atoms with Gasteiger partial charge in [-0.05, 0) is 57.2 Å². The average Bonchev–Trinajstić information content (AvgIpc) is 3.00. The fourth-order valence-corrected chi connectivity index (χ4v) is 2.06. The zero-order chi connectivity index (χ0) is 17.7. The van der Waals surface area contributed by atoms with Gasteiger partial charge >= 0.3 is 12.0 Å². The molecule has 0 radical (unpaired) electrons. The molecular formula is C17H20N2O5. The number of hydrogen-bond acceptors (Lipinski definition) is 5. The summed E-state index contributed by atoms with van der Waals surface area (Å²) in [5.41, 5.74) is 0.824. The fraction of sp³-hybridized carbons (Fsp3) is 0.294. The van der Waals surface area contributed by atoms with E-state index in [1.807, 2.05) is 0 Å². The molecule has 0 aliphatic rings. The summed E-state index contributed by atoms with van der Waals surface area (Å²) < 4.78 is 10.3. The third-order valence-corrected chi connectivity index (χ3v) is 3.40. The van der Waals surface area contributed by atoms with Crippen LogP contribution in [0, 0.1) is 6.92 Å². The van der Waals surface area contributed by atoms with Gasteiger partial charge in [-0.1, -0.05) is 0 Å². The zero-order valence-electron chi connectivity index (χ0n) is 13.8. The molecule has 128 valence electrons. The molecule has 1 unspecified atom stereocenters. The van der Waals surface area contributed by atoms with Gasteiger partial charge in [-0.15, -0.1) is 0 Å². The Morgan fingerprint density at radius 1 is 1.25 bits per heavy atom. The number of nitrogens with one attached hydrogen (secondary N) is 1. The van der Waals surface area contributed by atoms with Gasteiger partial charge in [-0.3, -0.25) is 5.21 Å². The Hall–Kier alpha value is -2.80. The summed E-state index contributed by atoms with van der Waals surface area (Å²) in [5, 5.41) is 13.1. The Labute approximate surface area is 139 Å². The third kappa shape index (κ3) is 4.14. The summed E-state index contributed by atoms with van der Waals surface area (Å²) in [7, 11) is 0. The maximum Gasteiger partial charge on any atom is 0.346 e. The first-order valence-electron chi connectivity index (χ1n) is 7.55. The summed E-state index contributed by atoms with van der Waals surface area (Å²) in [6.07, 6.45) is 0. The summed E-state index contributed by atoms with van der Waals surface area (Å²) in [6.45, 7) is 5.44. The Morgan fingerprint density at radius 3 is 2.46 bits per heavy atom. The molecule has 0 aliphatic heterocycles. The van der Waals surface area contributed by atoms with Crippen LogP contribution in [-0.4, -0.2) is 28.9 Å². The SMILES string of the molecule is CCOC(=O)c1ccc(NC(=O)N(O)C(C)c2ccc(C)o2)cc1. The molecule has 0 saturated heterocycles. The number of ether oxygens (including phenoxy) is 1. The van der Waals surface area contributed by atoms with E-state index in [1.165, 1.54) is 12.1 Å². The van der Waals surface area contributed by atoms with Crippen molar-refractivity contribution in [1.29, 1.82) is 0 Å². The average molecular weight is 332 g/mol. The number of aryl methyl sites for hydroxylation is 1. The van der Waals surface area contributed by atoms with Crippen LogP contribution in [0.15, 0.2) is 40.8 Å². The van der Waals surface area contributed by atoms with Crippen molar-refractivity contribution in [3.8, 4) is 0 Å². The van der Waals surface area contributed by atoms with Crippen molar-refractivity contribution in [2.75, 3.05) is 11.9 Å². The van der Waals surface area contributed by atoms with Gasteiger partial charge in [0.25, 0.3) is 0 Å². The Balaban J connectivity index is 1.99. The number of benzene rings is 1. The highest BCUT2D eigenvalue weighted by Crippen LogP contribution is 2.21. The quantitative estimate of drug-likeness (QED) is 0.494. The fourth-order valence-electron chi connectivity index (χ4n) is 2.06. The second-order valence-electron chi connectivity index (χ2n) is 5.20. The molecule has 1 atom stereocenters. The molecule has 0 aliphatic carbocycles. The molecule has 2 amide bonds. The second kappa shape index (κ2) is 7.65. The zero-order valence-corrected chi connectivity index (χ0v) is 13.8. The van der Waals surface area contributed by atoms with Gasteiger partial charge in [-0.2, -0.15) is 5.06 Å². The highest BCUT2D eigenvalue weighted by molar-refractivity contribution is 5.92. The lowest BCUT2D eigenvalue weighted by Gasteiger charge is -2.21. The van der Waals surface area contributed by atoms with Crippen LogP contribution in [0.1, 0.15) is 41.8 Å². The van der Waals surface area contributed by atoms with Crippen molar-refractivity contribution in [3.05, 3.63) is 53.5 Å². The second-order valence-corrected chi connectivity index (χ2v) is 5.20. The Morgan fingerprint density at radius 2 is 1.92 bits per heavy atom. The molecule has 1 heterocycles. The van der Waals surface area contributed by atoms with Crippen molar-refractivity contribution >= 4 is 17.7 Å². The van der Waals surface area contributed by atoms with Crippen LogP contribution in [-0.2, 0) is 4.74 Å². The Kier molecular flexibility index (Phi) is 5.59. The van der Waals surface area contributed by atoms with E-state index in [-0.39, 0.29) is 0 Å². The van der Waals surface area contributed by atoms with Gasteiger partial charge in [0, 0.05) is 5.69 Å². The smallest absolute Gasteiger partial charge is 0.346 e. The minimum Gasteiger partial charge on any atom is -0.464 e. The normalized spacial score (nSPS) is 11.7. The number of nitrogens with zero attached hydrogens (tertiary/aromatic N) is 1. The van der Waals surface area contributed by atoms with Crippen LogP contribution in [0.4, 0.5) is 10.5 Å². The minimum absolute atomic E-state index is 0.293. The van der Waals surface area contributed by atoms with E-state index in [0.29, 0.717) is 34.4 Å². The first kappa shape index (κ1) is 17.6. The number of anilines is 1. The summed E-state index contributed by atoms with van der Waals surface area (Å²) >= 11 is 0. The lowest BCUT2D eigenvalue weighted by molar-refractivity contribution is -0.0744. The summed E-state index contributed by atoms with van der Waals surface area (Å²) in [5.74, 6) is 0.740. The van der Waals surface area contributed by atoms with Crippen molar-refractivity contribution in [2.45, 2.75) is 26.8 Å². The Bertz CT molecular complexity index is 708. The van der Waals surface area contributed by atoms with Gasteiger partial charge < -0.3 is 14.5 Å². The molecule has 0 fully saturated rings. The molecule has 1 aromatic heterocycles. The molecule has 0 spiro atoms. The van der Waals surface area contributed by atoms with E-state index in [9.17, 15) is 14.8 Å². The molecule has 2 rings (SSSR count). The van der Waals surface area contributed by atoms with E-state index in [4.69, 9.17) is 9.15 Å². The first-order chi connectivity index (χ1) is 11.4. The largest absolute Gasteiger partial charge is 0.464 e. The molecule has 24 heavy (non-hydrogen) atoms. The molecule has 0 bridgehead atoms. The van der Waals surface area contributed by atoms with Crippen molar-refractivity contribution < 1.29 is 24.0 Å². The number of amides is 2. The van der Waals surface area contributed by atoms with Crippen molar-refractivity contribution in [1.82, 2.24) is 5.06 Å². The topological polar surface area (TPSA) is 92.0 Å². The van der Waals surface area contributed by atoms with E-state index in [2.05, 4.69) is 5.32 Å². The lowest BCUT2D eigenvalue weighted by Crippen LogP contribution is -2.34. The molecule has 7 nitrogen and oxygen atoms in total. The summed E-state index contributed by atoms with van der Waals surface area (Å²) in [4.78, 5) is 23.7. The molecule has 7 heteroatoms. The van der Waals surface area contributed by atoms with Gasteiger partial charge in [0.05, 0.1) is 12.2 Å². The predicted molar refractivity (Wildman–Crippen MR) is 86.9 cm³/mol. The van der Waals surface area contributed by atoms with Crippen LogP contribution in [0.2, 0.25) is 0 Å².